The van der Waals surface area contributed by atoms with Gasteiger partial charge in [-0.2, -0.15) is 26.3 Å². The maximum atomic E-state index is 13.6. The van der Waals surface area contributed by atoms with Crippen LogP contribution >= 0.6 is 0 Å². The number of ether oxygens (including phenoxy) is 1. The number of benzene rings is 1. The molecule has 0 saturated carbocycles. The molecule has 3 heterocycles. The molecule has 0 aliphatic carbocycles. The van der Waals surface area contributed by atoms with Crippen molar-refractivity contribution in [2.75, 3.05) is 63.5 Å². The van der Waals surface area contributed by atoms with E-state index in [1.807, 2.05) is 9.80 Å². The molecule has 0 aromatic heterocycles. The average Bonchev–Trinajstić information content (AvgIpc) is 3.28. The van der Waals surface area contributed by atoms with E-state index in [4.69, 9.17) is 0 Å². The molecule has 3 aliphatic rings. The first kappa shape index (κ1) is 30.7. The van der Waals surface area contributed by atoms with E-state index < -0.39 is 40.1 Å². The normalized spacial score (nSPS) is 22.1. The Morgan fingerprint density at radius 2 is 1.57 bits per heavy atom. The van der Waals surface area contributed by atoms with Gasteiger partial charge in [0.15, 0.2) is 6.10 Å². The molecule has 3 fully saturated rings. The smallest absolute Gasteiger partial charge is 0.425 e. The van der Waals surface area contributed by atoms with Gasteiger partial charge in [0.25, 0.3) is 0 Å². The van der Waals surface area contributed by atoms with Crippen molar-refractivity contribution in [1.29, 1.82) is 0 Å². The van der Waals surface area contributed by atoms with Crippen LogP contribution in [0.25, 0.3) is 0 Å². The molecule has 15 heteroatoms. The Hall–Kier alpha value is -2.26. The van der Waals surface area contributed by atoms with Crippen molar-refractivity contribution in [3.05, 3.63) is 29.3 Å². The third kappa shape index (κ3) is 7.14. The number of sulfonamides is 1. The van der Waals surface area contributed by atoms with Crippen LogP contribution < -0.4 is 4.90 Å². The lowest BCUT2D eigenvalue weighted by Gasteiger charge is -2.41. The Kier molecular flexibility index (Phi) is 8.59. The summed E-state index contributed by atoms with van der Waals surface area (Å²) in [5, 5.41) is 0. The first-order valence-corrected chi connectivity index (χ1v) is 15.0. The van der Waals surface area contributed by atoms with Crippen molar-refractivity contribution in [2.24, 2.45) is 5.41 Å². The number of amides is 1. The Morgan fingerprint density at radius 1 is 0.975 bits per heavy atom. The van der Waals surface area contributed by atoms with E-state index in [0.717, 1.165) is 25.5 Å². The van der Waals surface area contributed by atoms with Crippen molar-refractivity contribution in [3.63, 3.8) is 0 Å². The fourth-order valence-corrected chi connectivity index (χ4v) is 6.53. The fourth-order valence-electron chi connectivity index (χ4n) is 5.60. The molecule has 0 N–H and O–H groups in total. The van der Waals surface area contributed by atoms with Crippen molar-refractivity contribution < 1.29 is 44.3 Å². The average molecular weight is 601 g/mol. The van der Waals surface area contributed by atoms with E-state index in [1.54, 1.807) is 0 Å². The lowest BCUT2D eigenvalue weighted by atomic mass is 9.77. The van der Waals surface area contributed by atoms with Gasteiger partial charge >= 0.3 is 18.4 Å². The van der Waals surface area contributed by atoms with E-state index >= 15 is 0 Å². The second-order valence-electron chi connectivity index (χ2n) is 11.0. The van der Waals surface area contributed by atoms with Gasteiger partial charge in [0, 0.05) is 64.6 Å². The van der Waals surface area contributed by atoms with Gasteiger partial charge in [-0.25, -0.2) is 17.5 Å². The summed E-state index contributed by atoms with van der Waals surface area (Å²) in [6.45, 7) is 3.80. The minimum Gasteiger partial charge on any atom is -0.437 e. The van der Waals surface area contributed by atoms with Crippen LogP contribution in [0.2, 0.25) is 0 Å². The highest BCUT2D eigenvalue weighted by molar-refractivity contribution is 7.88. The van der Waals surface area contributed by atoms with Crippen molar-refractivity contribution >= 4 is 21.8 Å². The second kappa shape index (κ2) is 11.2. The van der Waals surface area contributed by atoms with Gasteiger partial charge in [-0.3, -0.25) is 4.90 Å². The number of halogens is 6. The number of anilines is 1. The summed E-state index contributed by atoms with van der Waals surface area (Å²) in [5.41, 5.74) is 0.191. The summed E-state index contributed by atoms with van der Waals surface area (Å²) in [6.07, 6.45) is -9.24. The summed E-state index contributed by atoms with van der Waals surface area (Å²) < 4.78 is 109. The molecule has 1 spiro atoms. The number of carbonyl (C=O) groups is 1. The van der Waals surface area contributed by atoms with Gasteiger partial charge in [0.05, 0.1) is 11.8 Å². The second-order valence-corrected chi connectivity index (χ2v) is 13.0. The molecule has 1 aromatic carbocycles. The quantitative estimate of drug-likeness (QED) is 0.473. The molecule has 1 aromatic rings. The topological polar surface area (TPSA) is 73.4 Å². The van der Waals surface area contributed by atoms with Crippen molar-refractivity contribution in [3.8, 4) is 0 Å². The maximum Gasteiger partial charge on any atom is 0.425 e. The number of piperidine rings is 1. The van der Waals surface area contributed by atoms with Gasteiger partial charge in [-0.05, 0) is 49.3 Å². The lowest BCUT2D eigenvalue weighted by Crippen LogP contribution is -2.49. The zero-order chi connectivity index (χ0) is 29.5. The Balaban J connectivity index is 1.42. The highest BCUT2D eigenvalue weighted by Crippen LogP contribution is 2.43. The van der Waals surface area contributed by atoms with E-state index in [1.165, 1.54) is 21.5 Å². The molecular formula is C25H34F6N4O4S. The summed E-state index contributed by atoms with van der Waals surface area (Å²) >= 11 is 0. The first-order chi connectivity index (χ1) is 18.5. The molecular weight excluding hydrogens is 566 g/mol. The largest absolute Gasteiger partial charge is 0.437 e. The zero-order valence-corrected chi connectivity index (χ0v) is 23.2. The van der Waals surface area contributed by atoms with Crippen LogP contribution in [-0.4, -0.2) is 99.5 Å². The van der Waals surface area contributed by atoms with Gasteiger partial charge in [-0.15, -0.1) is 0 Å². The summed E-state index contributed by atoms with van der Waals surface area (Å²) in [5.74, 6) is 0. The predicted octanol–water partition coefficient (Wildman–Crippen LogP) is 4.16. The first-order valence-electron chi connectivity index (χ1n) is 13.1. The number of alkyl halides is 6. The number of hydrogen-bond donors (Lipinski definition) is 0. The standard InChI is InChI=1S/C25H34F6N4O4S/c1-18(24(26,27)28)39-22(36)34-13-11-32(12-14-34)16-19-3-4-20(25(29,30)31)15-21(19)33-8-5-23(6-9-33)7-10-35(17-23)40(2,37)38/h3-4,15,18H,5-14,16-17H2,1-2H3. The summed E-state index contributed by atoms with van der Waals surface area (Å²) in [6, 6.07) is 3.64. The highest BCUT2D eigenvalue weighted by Gasteiger charge is 2.44. The van der Waals surface area contributed by atoms with Crippen LogP contribution in [0.15, 0.2) is 18.2 Å². The molecule has 4 rings (SSSR count). The molecule has 0 radical (unpaired) electrons. The summed E-state index contributed by atoms with van der Waals surface area (Å²) in [4.78, 5) is 17.2. The molecule has 1 atom stereocenters. The van der Waals surface area contributed by atoms with Crippen LogP contribution in [-0.2, 0) is 27.5 Å². The lowest BCUT2D eigenvalue weighted by molar-refractivity contribution is -0.200. The third-order valence-electron chi connectivity index (χ3n) is 8.21. The van der Waals surface area contributed by atoms with E-state index in [0.29, 0.717) is 69.9 Å². The molecule has 1 unspecified atom stereocenters. The van der Waals surface area contributed by atoms with Crippen LogP contribution in [0.5, 0.6) is 0 Å². The fraction of sp³-hybridized carbons (Fsp3) is 0.720. The van der Waals surface area contributed by atoms with Crippen LogP contribution in [0.1, 0.15) is 37.3 Å². The number of nitrogens with zero attached hydrogens (tertiary/aromatic N) is 4. The van der Waals surface area contributed by atoms with Crippen molar-refractivity contribution in [2.45, 2.75) is 51.2 Å². The van der Waals surface area contributed by atoms with Crippen LogP contribution in [0, 0.1) is 5.41 Å². The minimum atomic E-state index is -4.66. The number of hydrogen-bond acceptors (Lipinski definition) is 6. The van der Waals surface area contributed by atoms with Crippen molar-refractivity contribution in [1.82, 2.24) is 14.1 Å². The maximum absolute atomic E-state index is 13.6. The molecule has 3 saturated heterocycles. The highest BCUT2D eigenvalue weighted by atomic mass is 32.2. The van der Waals surface area contributed by atoms with Crippen LogP contribution in [0.3, 0.4) is 0 Å². The molecule has 8 nitrogen and oxygen atoms in total. The van der Waals surface area contributed by atoms with E-state index in [2.05, 4.69) is 4.74 Å². The molecule has 40 heavy (non-hydrogen) atoms. The minimum absolute atomic E-state index is 0.127. The zero-order valence-electron chi connectivity index (χ0n) is 22.4. The van der Waals surface area contributed by atoms with Gasteiger partial charge < -0.3 is 14.5 Å². The molecule has 3 aliphatic heterocycles. The Morgan fingerprint density at radius 3 is 2.10 bits per heavy atom. The number of carbonyl (C=O) groups excluding carboxylic acids is 1. The van der Waals surface area contributed by atoms with Gasteiger partial charge in [0.2, 0.25) is 10.0 Å². The summed E-state index contributed by atoms with van der Waals surface area (Å²) in [7, 11) is -3.30. The van der Waals surface area contributed by atoms with Gasteiger partial charge in [-0.1, -0.05) is 6.07 Å². The van der Waals surface area contributed by atoms with E-state index in [9.17, 15) is 39.6 Å². The third-order valence-corrected chi connectivity index (χ3v) is 9.46. The van der Waals surface area contributed by atoms with E-state index in [-0.39, 0.29) is 18.5 Å². The monoisotopic (exact) mass is 600 g/mol. The predicted molar refractivity (Wildman–Crippen MR) is 135 cm³/mol. The SMILES string of the molecule is CC(OC(=O)N1CCN(Cc2ccc(C(F)(F)F)cc2N2CCC3(CC2)CCN(S(C)(=O)=O)C3)CC1)C(F)(F)F. The van der Waals surface area contributed by atoms with Gasteiger partial charge in [0.1, 0.15) is 0 Å². The molecule has 0 bridgehead atoms. The number of piperazine rings is 1. The Labute approximate surface area is 229 Å². The molecule has 1 amide bonds. The van der Waals surface area contributed by atoms with Crippen LogP contribution in [0.4, 0.5) is 36.8 Å². The number of rotatable bonds is 5. The molecule has 226 valence electrons. The Bertz CT molecular complexity index is 1180.